The Labute approximate surface area is 121 Å². The van der Waals surface area contributed by atoms with Gasteiger partial charge in [0.05, 0.1) is 6.61 Å². The second-order valence-electron chi connectivity index (χ2n) is 5.42. The highest BCUT2D eigenvalue weighted by Gasteiger charge is 2.05. The van der Waals surface area contributed by atoms with Crippen molar-refractivity contribution >= 4 is 0 Å². The zero-order chi connectivity index (χ0) is 14.8. The van der Waals surface area contributed by atoms with Crippen molar-refractivity contribution in [2.45, 2.75) is 39.7 Å². The molecular formula is C16H26FNO2. The lowest BCUT2D eigenvalue weighted by Crippen LogP contribution is -2.19. The molecule has 1 aromatic carbocycles. The molecule has 0 aliphatic rings. The van der Waals surface area contributed by atoms with Crippen LogP contribution in [0.5, 0.6) is 5.75 Å². The van der Waals surface area contributed by atoms with Crippen LogP contribution in [0.2, 0.25) is 0 Å². The minimum atomic E-state index is -0.309. The maximum absolute atomic E-state index is 13.8. The molecule has 4 heteroatoms. The van der Waals surface area contributed by atoms with Crippen molar-refractivity contribution in [2.75, 3.05) is 19.8 Å². The van der Waals surface area contributed by atoms with Gasteiger partial charge in [0.1, 0.15) is 0 Å². The van der Waals surface area contributed by atoms with Crippen molar-refractivity contribution in [3.05, 3.63) is 29.6 Å². The fraction of sp³-hybridized carbons (Fsp3) is 0.625. The molecule has 0 aromatic heterocycles. The van der Waals surface area contributed by atoms with Gasteiger partial charge in [0, 0.05) is 13.2 Å². The van der Waals surface area contributed by atoms with Crippen LogP contribution in [0, 0.1) is 11.7 Å². The van der Waals surface area contributed by atoms with E-state index < -0.39 is 0 Å². The van der Waals surface area contributed by atoms with Gasteiger partial charge in [0.2, 0.25) is 0 Å². The molecule has 0 radical (unpaired) electrons. The normalized spacial score (nSPS) is 11.1. The van der Waals surface area contributed by atoms with Crippen LogP contribution in [-0.4, -0.2) is 24.9 Å². The maximum Gasteiger partial charge on any atom is 0.165 e. The molecular weight excluding hydrogens is 257 g/mol. The van der Waals surface area contributed by atoms with Gasteiger partial charge in [-0.3, -0.25) is 0 Å². The van der Waals surface area contributed by atoms with E-state index in [0.717, 1.165) is 31.4 Å². The van der Waals surface area contributed by atoms with Crippen LogP contribution in [0.3, 0.4) is 0 Å². The predicted octanol–water partition coefficient (Wildman–Crippen LogP) is 3.11. The first-order valence-electron chi connectivity index (χ1n) is 7.36. The van der Waals surface area contributed by atoms with Crippen molar-refractivity contribution < 1.29 is 14.2 Å². The van der Waals surface area contributed by atoms with E-state index in [1.165, 1.54) is 6.07 Å². The fourth-order valence-corrected chi connectivity index (χ4v) is 1.85. The van der Waals surface area contributed by atoms with Crippen molar-refractivity contribution in [3.8, 4) is 5.75 Å². The summed E-state index contributed by atoms with van der Waals surface area (Å²) < 4.78 is 19.2. The predicted molar refractivity (Wildman–Crippen MR) is 79.4 cm³/mol. The highest BCUT2D eigenvalue weighted by molar-refractivity contribution is 5.29. The number of aliphatic hydroxyl groups is 1. The zero-order valence-electron chi connectivity index (χ0n) is 12.5. The van der Waals surface area contributed by atoms with E-state index in [1.807, 2.05) is 6.07 Å². The Bertz CT molecular complexity index is 383. The highest BCUT2D eigenvalue weighted by atomic mass is 19.1. The second-order valence-corrected chi connectivity index (χ2v) is 5.42. The Kier molecular flexibility index (Phi) is 8.23. The first kappa shape index (κ1) is 16.9. The minimum Gasteiger partial charge on any atom is -0.491 e. The van der Waals surface area contributed by atoms with Crippen LogP contribution >= 0.6 is 0 Å². The van der Waals surface area contributed by atoms with Gasteiger partial charge in [-0.15, -0.1) is 0 Å². The van der Waals surface area contributed by atoms with Crippen LogP contribution in [-0.2, 0) is 6.54 Å². The van der Waals surface area contributed by atoms with E-state index in [2.05, 4.69) is 19.2 Å². The third-order valence-electron chi connectivity index (χ3n) is 2.94. The maximum atomic E-state index is 13.8. The summed E-state index contributed by atoms with van der Waals surface area (Å²) in [7, 11) is 0. The van der Waals surface area contributed by atoms with Crippen LogP contribution in [0.15, 0.2) is 18.2 Å². The third-order valence-corrected chi connectivity index (χ3v) is 2.94. The summed E-state index contributed by atoms with van der Waals surface area (Å²) in [5.74, 6) is 0.582. The van der Waals surface area contributed by atoms with Crippen LogP contribution in [0.25, 0.3) is 0 Å². The zero-order valence-corrected chi connectivity index (χ0v) is 12.5. The van der Waals surface area contributed by atoms with Gasteiger partial charge in [-0.1, -0.05) is 19.9 Å². The van der Waals surface area contributed by atoms with Crippen LogP contribution in [0.4, 0.5) is 4.39 Å². The van der Waals surface area contributed by atoms with Gasteiger partial charge < -0.3 is 15.2 Å². The van der Waals surface area contributed by atoms with Gasteiger partial charge in [-0.2, -0.15) is 0 Å². The molecule has 0 heterocycles. The summed E-state index contributed by atoms with van der Waals surface area (Å²) in [4.78, 5) is 0. The summed E-state index contributed by atoms with van der Waals surface area (Å²) in [6, 6.07) is 5.10. The number of aliphatic hydroxyl groups excluding tert-OH is 1. The molecule has 114 valence electrons. The summed E-state index contributed by atoms with van der Waals surface area (Å²) in [5, 5.41) is 11.9. The Morgan fingerprint density at radius 1 is 1.25 bits per heavy atom. The molecule has 0 atom stereocenters. The first-order chi connectivity index (χ1) is 9.63. The lowest BCUT2D eigenvalue weighted by molar-refractivity contribution is 0.261. The molecule has 1 aromatic rings. The van der Waals surface area contributed by atoms with Gasteiger partial charge >= 0.3 is 0 Å². The molecule has 0 saturated carbocycles. The topological polar surface area (TPSA) is 41.5 Å². The van der Waals surface area contributed by atoms with Crippen molar-refractivity contribution in [3.63, 3.8) is 0 Å². The number of halogens is 1. The van der Waals surface area contributed by atoms with E-state index in [-0.39, 0.29) is 12.4 Å². The standard InChI is InChI=1S/C16H26FNO2/c1-13(2)11-18-12-14-6-7-16(15(17)10-14)20-9-5-3-4-8-19/h6-7,10,13,18-19H,3-5,8-9,11-12H2,1-2H3. The van der Waals surface area contributed by atoms with E-state index in [4.69, 9.17) is 9.84 Å². The minimum absolute atomic E-state index is 0.201. The average molecular weight is 283 g/mol. The molecule has 0 bridgehead atoms. The van der Waals surface area contributed by atoms with Gasteiger partial charge in [0.25, 0.3) is 0 Å². The van der Waals surface area contributed by atoms with Gasteiger partial charge in [0.15, 0.2) is 11.6 Å². The van der Waals surface area contributed by atoms with Gasteiger partial charge in [-0.25, -0.2) is 4.39 Å². The molecule has 0 saturated heterocycles. The van der Waals surface area contributed by atoms with Crippen LogP contribution < -0.4 is 10.1 Å². The van der Waals surface area contributed by atoms with Crippen molar-refractivity contribution in [1.82, 2.24) is 5.32 Å². The number of ether oxygens (including phenoxy) is 1. The average Bonchev–Trinajstić information content (AvgIpc) is 2.40. The van der Waals surface area contributed by atoms with Crippen molar-refractivity contribution in [2.24, 2.45) is 5.92 Å². The molecule has 0 spiro atoms. The number of hydrogen-bond donors (Lipinski definition) is 2. The Balaban J connectivity index is 2.35. The SMILES string of the molecule is CC(C)CNCc1ccc(OCCCCCO)c(F)c1. The number of unbranched alkanes of at least 4 members (excludes halogenated alkanes) is 2. The number of hydrogen-bond acceptors (Lipinski definition) is 3. The summed E-state index contributed by atoms with van der Waals surface area (Å²) in [6.07, 6.45) is 2.50. The van der Waals surface area contributed by atoms with Gasteiger partial charge in [-0.05, 0) is 49.4 Å². The van der Waals surface area contributed by atoms with Crippen LogP contribution in [0.1, 0.15) is 38.7 Å². The molecule has 0 amide bonds. The summed E-state index contributed by atoms with van der Waals surface area (Å²) in [5.41, 5.74) is 0.927. The third kappa shape index (κ3) is 6.87. The molecule has 0 aliphatic carbocycles. The van der Waals surface area contributed by atoms with E-state index >= 15 is 0 Å². The molecule has 20 heavy (non-hydrogen) atoms. The number of rotatable bonds is 10. The second kappa shape index (κ2) is 9.72. The lowest BCUT2D eigenvalue weighted by atomic mass is 10.2. The first-order valence-corrected chi connectivity index (χ1v) is 7.36. The number of nitrogens with one attached hydrogen (secondary N) is 1. The van der Waals surface area contributed by atoms with Crippen molar-refractivity contribution in [1.29, 1.82) is 0 Å². The Morgan fingerprint density at radius 3 is 2.70 bits per heavy atom. The molecule has 2 N–H and O–H groups in total. The molecule has 0 unspecified atom stereocenters. The molecule has 1 rings (SSSR count). The lowest BCUT2D eigenvalue weighted by Gasteiger charge is -2.10. The Morgan fingerprint density at radius 2 is 2.05 bits per heavy atom. The molecule has 0 aliphatic heterocycles. The largest absolute Gasteiger partial charge is 0.491 e. The van der Waals surface area contributed by atoms with E-state index in [0.29, 0.717) is 24.8 Å². The summed E-state index contributed by atoms with van der Waals surface area (Å²) >= 11 is 0. The molecule has 0 fully saturated rings. The van der Waals surface area contributed by atoms with E-state index in [1.54, 1.807) is 6.07 Å². The smallest absolute Gasteiger partial charge is 0.165 e. The summed E-state index contributed by atoms with van der Waals surface area (Å²) in [6.45, 7) is 6.56. The quantitative estimate of drug-likeness (QED) is 0.648. The highest BCUT2D eigenvalue weighted by Crippen LogP contribution is 2.18. The van der Waals surface area contributed by atoms with E-state index in [9.17, 15) is 4.39 Å². The Hall–Kier alpha value is -1.13. The fourth-order valence-electron chi connectivity index (χ4n) is 1.85. The monoisotopic (exact) mass is 283 g/mol. The number of benzene rings is 1. The molecule has 3 nitrogen and oxygen atoms in total.